The predicted octanol–water partition coefficient (Wildman–Crippen LogP) is 4.02. The first-order chi connectivity index (χ1) is 14.7. The lowest BCUT2D eigenvalue weighted by Gasteiger charge is -2.12. The van der Waals surface area contributed by atoms with Gasteiger partial charge in [-0.05, 0) is 50.5 Å². The molecule has 0 bridgehead atoms. The number of amides is 1. The number of rotatable bonds is 4. The van der Waals surface area contributed by atoms with Crippen LogP contribution in [0.15, 0.2) is 24.3 Å². The normalized spacial score (nSPS) is 20.3. The van der Waals surface area contributed by atoms with Gasteiger partial charge in [0.1, 0.15) is 5.82 Å². The Labute approximate surface area is 183 Å². The molecule has 162 valence electrons. The highest BCUT2D eigenvalue weighted by molar-refractivity contribution is 7.91. The average molecular weight is 463 g/mol. The number of benzene rings is 1. The van der Waals surface area contributed by atoms with Crippen LogP contribution in [0.25, 0.3) is 11.0 Å². The van der Waals surface area contributed by atoms with E-state index in [1.54, 1.807) is 17.7 Å². The van der Waals surface area contributed by atoms with Gasteiger partial charge < -0.3 is 5.32 Å². The number of nitrogens with one attached hydrogen (secondary N) is 1. The summed E-state index contributed by atoms with van der Waals surface area (Å²) in [6, 6.07) is 5.25. The van der Waals surface area contributed by atoms with Crippen molar-refractivity contribution in [3.63, 3.8) is 0 Å². The Morgan fingerprint density at radius 2 is 2.03 bits per heavy atom. The number of carbonyl (C=O) groups is 1. The largest absolute Gasteiger partial charge is 0.321 e. The summed E-state index contributed by atoms with van der Waals surface area (Å²) in [6.45, 7) is 1.78. The number of halogens is 2. The predicted molar refractivity (Wildman–Crippen MR) is 116 cm³/mol. The molecule has 0 spiro atoms. The molecule has 31 heavy (non-hydrogen) atoms. The number of hydrogen-bond acceptors (Lipinski definition) is 5. The minimum Gasteiger partial charge on any atom is -0.321 e. The number of anilines is 1. The van der Waals surface area contributed by atoms with Gasteiger partial charge in [-0.3, -0.25) is 4.79 Å². The molecule has 1 aromatic carbocycles. The Hall–Kier alpha value is -2.52. The van der Waals surface area contributed by atoms with Crippen LogP contribution in [0.4, 0.5) is 10.1 Å². The van der Waals surface area contributed by atoms with Crippen molar-refractivity contribution in [1.82, 2.24) is 14.8 Å². The minimum atomic E-state index is -3.11. The zero-order chi connectivity index (χ0) is 21.9. The molecule has 3 heterocycles. The molecule has 1 saturated heterocycles. The molecule has 1 aliphatic carbocycles. The first-order valence-corrected chi connectivity index (χ1v) is 12.3. The third-order valence-corrected chi connectivity index (χ3v) is 7.89. The summed E-state index contributed by atoms with van der Waals surface area (Å²) >= 11 is 6.08. The van der Waals surface area contributed by atoms with Crippen LogP contribution in [-0.4, -0.2) is 40.6 Å². The Balaban J connectivity index is 1.61. The molecule has 1 aliphatic heterocycles. The second-order valence-corrected chi connectivity index (χ2v) is 10.9. The van der Waals surface area contributed by atoms with Crippen LogP contribution in [0.5, 0.6) is 0 Å². The number of sulfone groups is 1. The molecule has 2 fully saturated rings. The number of nitrogens with zero attached hydrogens (tertiary/aromatic N) is 3. The van der Waals surface area contributed by atoms with Crippen molar-refractivity contribution >= 4 is 44.1 Å². The van der Waals surface area contributed by atoms with Gasteiger partial charge in [-0.15, -0.1) is 0 Å². The van der Waals surface area contributed by atoms with E-state index < -0.39 is 21.6 Å². The van der Waals surface area contributed by atoms with Crippen molar-refractivity contribution in [3.8, 4) is 0 Å². The van der Waals surface area contributed by atoms with Crippen LogP contribution in [-0.2, 0) is 9.84 Å². The Kier molecular flexibility index (Phi) is 4.78. The van der Waals surface area contributed by atoms with E-state index >= 15 is 0 Å². The molecule has 0 unspecified atom stereocenters. The maximum absolute atomic E-state index is 13.4. The highest BCUT2D eigenvalue weighted by atomic mass is 35.5. The van der Waals surface area contributed by atoms with Crippen molar-refractivity contribution < 1.29 is 17.6 Å². The van der Waals surface area contributed by atoms with Gasteiger partial charge in [0.25, 0.3) is 5.91 Å². The zero-order valence-electron chi connectivity index (χ0n) is 16.7. The number of pyridine rings is 1. The third-order valence-electron chi connectivity index (χ3n) is 5.83. The molecule has 2 aromatic heterocycles. The SMILES string of the molecule is Cc1nn([C@H]2CCS(=O)(=O)C2)c2nc(C3CC3)cc(C(=O)Nc3ccc(F)cc3Cl)c12. The summed E-state index contributed by atoms with van der Waals surface area (Å²) in [4.78, 5) is 18.0. The van der Waals surface area contributed by atoms with Crippen molar-refractivity contribution in [2.24, 2.45) is 0 Å². The van der Waals surface area contributed by atoms with Crippen molar-refractivity contribution in [2.45, 2.75) is 38.1 Å². The van der Waals surface area contributed by atoms with Crippen LogP contribution in [0.1, 0.15) is 53.0 Å². The van der Waals surface area contributed by atoms with Crippen LogP contribution in [0.2, 0.25) is 5.02 Å². The summed E-state index contributed by atoms with van der Waals surface area (Å²) in [6.07, 6.45) is 2.46. The van der Waals surface area contributed by atoms with Gasteiger partial charge in [0, 0.05) is 11.6 Å². The van der Waals surface area contributed by atoms with Crippen molar-refractivity contribution in [2.75, 3.05) is 16.8 Å². The van der Waals surface area contributed by atoms with Gasteiger partial charge in [-0.2, -0.15) is 5.10 Å². The summed E-state index contributed by atoms with van der Waals surface area (Å²) in [7, 11) is -3.11. The summed E-state index contributed by atoms with van der Waals surface area (Å²) < 4.78 is 39.1. The summed E-state index contributed by atoms with van der Waals surface area (Å²) in [5, 5.41) is 8.01. The number of aromatic nitrogens is 3. The Morgan fingerprint density at radius 3 is 2.68 bits per heavy atom. The van der Waals surface area contributed by atoms with Gasteiger partial charge in [0.05, 0.1) is 44.9 Å². The van der Waals surface area contributed by atoms with E-state index in [0.717, 1.165) is 24.6 Å². The summed E-state index contributed by atoms with van der Waals surface area (Å²) in [5.74, 6) is -0.470. The molecular formula is C21H20ClFN4O3S. The van der Waals surface area contributed by atoms with E-state index in [2.05, 4.69) is 10.4 Å². The highest BCUT2D eigenvalue weighted by Crippen LogP contribution is 2.41. The maximum atomic E-state index is 13.4. The Morgan fingerprint density at radius 1 is 1.26 bits per heavy atom. The molecule has 7 nitrogen and oxygen atoms in total. The molecule has 10 heteroatoms. The zero-order valence-corrected chi connectivity index (χ0v) is 18.3. The first kappa shape index (κ1) is 20.4. The van der Waals surface area contributed by atoms with E-state index in [1.807, 2.05) is 0 Å². The fourth-order valence-electron chi connectivity index (χ4n) is 4.10. The molecule has 5 rings (SSSR count). The lowest BCUT2D eigenvalue weighted by atomic mass is 10.1. The Bertz CT molecular complexity index is 1330. The fourth-order valence-corrected chi connectivity index (χ4v) is 6.01. The molecule has 1 N–H and O–H groups in total. The number of fused-ring (bicyclic) bond motifs is 1. The van der Waals surface area contributed by atoms with Crippen molar-refractivity contribution in [1.29, 1.82) is 0 Å². The van der Waals surface area contributed by atoms with Crippen LogP contribution in [0, 0.1) is 12.7 Å². The standard InChI is InChI=1S/C21H20ClFN4O3S/c1-11-19-15(21(28)25-17-5-4-13(23)8-16(17)22)9-18(12-2-3-12)24-20(19)27(26-11)14-6-7-31(29,30)10-14/h4-5,8-9,12,14H,2-3,6-7,10H2,1H3,(H,25,28)/t14-/m0/s1. The van der Waals surface area contributed by atoms with Gasteiger partial charge in [0.15, 0.2) is 15.5 Å². The third kappa shape index (κ3) is 3.80. The van der Waals surface area contributed by atoms with Gasteiger partial charge >= 0.3 is 0 Å². The van der Waals surface area contributed by atoms with Gasteiger partial charge in [0.2, 0.25) is 0 Å². The van der Waals surface area contributed by atoms with E-state index in [0.29, 0.717) is 34.4 Å². The molecule has 1 amide bonds. The maximum Gasteiger partial charge on any atom is 0.256 e. The van der Waals surface area contributed by atoms with E-state index in [4.69, 9.17) is 16.6 Å². The molecule has 2 aliphatic rings. The van der Waals surface area contributed by atoms with Gasteiger partial charge in [-0.1, -0.05) is 11.6 Å². The molecular weight excluding hydrogens is 443 g/mol. The minimum absolute atomic E-state index is 0.0191. The topological polar surface area (TPSA) is 93.9 Å². The van der Waals surface area contributed by atoms with Crippen LogP contribution in [0.3, 0.4) is 0 Å². The molecule has 1 saturated carbocycles. The van der Waals surface area contributed by atoms with E-state index in [-0.39, 0.29) is 28.5 Å². The second kappa shape index (κ2) is 7.27. The highest BCUT2D eigenvalue weighted by Gasteiger charge is 2.34. The van der Waals surface area contributed by atoms with Crippen LogP contribution >= 0.6 is 11.6 Å². The second-order valence-electron chi connectivity index (χ2n) is 8.23. The number of hydrogen-bond donors (Lipinski definition) is 1. The van der Waals surface area contributed by atoms with Gasteiger partial charge in [-0.25, -0.2) is 22.5 Å². The molecule has 3 aromatic rings. The molecule has 0 radical (unpaired) electrons. The average Bonchev–Trinajstić information content (AvgIpc) is 3.43. The summed E-state index contributed by atoms with van der Waals surface area (Å²) in [5.41, 5.74) is 2.63. The quantitative estimate of drug-likeness (QED) is 0.632. The van der Waals surface area contributed by atoms with E-state index in [9.17, 15) is 17.6 Å². The first-order valence-electron chi connectivity index (χ1n) is 10.1. The lowest BCUT2D eigenvalue weighted by Crippen LogP contribution is -2.15. The monoisotopic (exact) mass is 462 g/mol. The number of aryl methyl sites for hydroxylation is 1. The lowest BCUT2D eigenvalue weighted by molar-refractivity contribution is 0.102. The smallest absolute Gasteiger partial charge is 0.256 e. The van der Waals surface area contributed by atoms with Crippen molar-refractivity contribution in [3.05, 3.63) is 52.1 Å². The van der Waals surface area contributed by atoms with Crippen LogP contribution < -0.4 is 5.32 Å². The number of carbonyl (C=O) groups excluding carboxylic acids is 1. The van der Waals surface area contributed by atoms with E-state index in [1.165, 1.54) is 12.1 Å². The molecule has 1 atom stereocenters. The fraction of sp³-hybridized carbons (Fsp3) is 0.381.